The van der Waals surface area contributed by atoms with Crippen molar-refractivity contribution in [3.63, 3.8) is 0 Å². The van der Waals surface area contributed by atoms with Crippen LogP contribution in [0.2, 0.25) is 0 Å². The molecule has 0 radical (unpaired) electrons. The van der Waals surface area contributed by atoms with Crippen molar-refractivity contribution in [3.05, 3.63) is 185 Å². The summed E-state index contributed by atoms with van der Waals surface area (Å²) in [5.74, 6) is 1.42. The van der Waals surface area contributed by atoms with E-state index in [1.807, 2.05) is 18.6 Å². The molecule has 0 fully saturated rings. The molecule has 0 saturated heterocycles. The van der Waals surface area contributed by atoms with Gasteiger partial charge in [0.15, 0.2) is 0 Å². The van der Waals surface area contributed by atoms with Crippen LogP contribution in [0.15, 0.2) is 169 Å². The summed E-state index contributed by atoms with van der Waals surface area (Å²) in [6.07, 6.45) is 27.5. The minimum atomic E-state index is -0.0286. The van der Waals surface area contributed by atoms with Gasteiger partial charge < -0.3 is 0 Å². The van der Waals surface area contributed by atoms with E-state index in [0.717, 1.165) is 29.7 Å². The molecule has 0 saturated carbocycles. The zero-order chi connectivity index (χ0) is 35.8. The van der Waals surface area contributed by atoms with Crippen molar-refractivity contribution >= 4 is 28.5 Å². The van der Waals surface area contributed by atoms with E-state index in [0.29, 0.717) is 17.8 Å². The lowest BCUT2D eigenvalue weighted by Gasteiger charge is -2.46. The summed E-state index contributed by atoms with van der Waals surface area (Å²) in [6.45, 7) is 14.7. The highest BCUT2D eigenvalue weighted by Gasteiger charge is 2.44. The number of aliphatic imine (C=N–C) groups is 1. The second-order valence-corrected chi connectivity index (χ2v) is 15.1. The van der Waals surface area contributed by atoms with Crippen LogP contribution in [0.25, 0.3) is 44.5 Å². The predicted octanol–water partition coefficient (Wildman–Crippen LogP) is 10.8. The summed E-state index contributed by atoms with van der Waals surface area (Å²) in [7, 11) is 0. The lowest BCUT2D eigenvalue weighted by Crippen LogP contribution is -2.47. The number of allylic oxidation sites excluding steroid dienone is 12. The highest BCUT2D eigenvalue weighted by atomic mass is 14.7. The number of benzene rings is 3. The molecular weight excluding hydrogens is 629 g/mol. The summed E-state index contributed by atoms with van der Waals surface area (Å²) < 4.78 is 0. The molecule has 0 spiro atoms. The van der Waals surface area contributed by atoms with Crippen molar-refractivity contribution in [1.29, 1.82) is 0 Å². The molecule has 4 aliphatic rings. The van der Waals surface area contributed by atoms with Crippen LogP contribution < -0.4 is 10.4 Å². The third-order valence-electron chi connectivity index (χ3n) is 11.6. The first-order valence-corrected chi connectivity index (χ1v) is 18.6. The summed E-state index contributed by atoms with van der Waals surface area (Å²) in [6, 6.07) is 28.7. The second kappa shape index (κ2) is 13.8. The third-order valence-corrected chi connectivity index (χ3v) is 11.6. The lowest BCUT2D eigenvalue weighted by molar-refractivity contribution is 0.300. The Hall–Kier alpha value is -5.60. The number of nitrogens with zero attached hydrogens (tertiary/aromatic N) is 2. The molecular formula is C50H46N2. The van der Waals surface area contributed by atoms with Crippen molar-refractivity contribution < 1.29 is 0 Å². The first-order valence-electron chi connectivity index (χ1n) is 18.6. The van der Waals surface area contributed by atoms with Gasteiger partial charge in [-0.2, -0.15) is 0 Å². The first-order chi connectivity index (χ1) is 25.3. The number of dihydropyridines is 1. The molecule has 2 heterocycles. The molecule has 2 nitrogen and oxygen atoms in total. The van der Waals surface area contributed by atoms with E-state index in [1.165, 1.54) is 60.6 Å². The van der Waals surface area contributed by atoms with Gasteiger partial charge in [0.05, 0.1) is 0 Å². The van der Waals surface area contributed by atoms with E-state index >= 15 is 0 Å². The normalized spacial score (nSPS) is 23.5. The maximum Gasteiger partial charge on any atom is 0.0455 e. The van der Waals surface area contributed by atoms with Gasteiger partial charge in [-0.25, -0.2) is 0 Å². The fraction of sp³-hybridized carbons (Fsp3) is 0.200. The molecule has 0 N–H and O–H groups in total. The number of hydrogen-bond acceptors (Lipinski definition) is 2. The number of pyridine rings is 1. The smallest absolute Gasteiger partial charge is 0.0455 e. The molecule has 4 aromatic rings. The zero-order valence-electron chi connectivity index (χ0n) is 30.7. The Kier molecular flexibility index (Phi) is 8.93. The van der Waals surface area contributed by atoms with Crippen LogP contribution in [0.3, 0.4) is 0 Å². The Bertz CT molecular complexity index is 2430. The van der Waals surface area contributed by atoms with Gasteiger partial charge in [-0.05, 0) is 139 Å². The predicted molar refractivity (Wildman–Crippen MR) is 222 cm³/mol. The molecule has 52 heavy (non-hydrogen) atoms. The number of aromatic nitrogens is 1. The zero-order valence-corrected chi connectivity index (χ0v) is 30.7. The molecule has 1 aromatic heterocycles. The van der Waals surface area contributed by atoms with Gasteiger partial charge in [-0.1, -0.05) is 118 Å². The number of rotatable bonds is 7. The monoisotopic (exact) mass is 674 g/mol. The average molecular weight is 675 g/mol. The largest absolute Gasteiger partial charge is 0.293 e. The Balaban J connectivity index is 1.12. The number of fused-ring (bicyclic) bond motifs is 4. The summed E-state index contributed by atoms with van der Waals surface area (Å²) >= 11 is 0. The Labute approximate surface area is 308 Å². The quantitative estimate of drug-likeness (QED) is 0.179. The first kappa shape index (κ1) is 33.5. The van der Waals surface area contributed by atoms with Gasteiger partial charge in [-0.3, -0.25) is 9.98 Å². The second-order valence-electron chi connectivity index (χ2n) is 15.1. The van der Waals surface area contributed by atoms with Gasteiger partial charge in [0.2, 0.25) is 0 Å². The molecule has 2 heteroatoms. The summed E-state index contributed by atoms with van der Waals surface area (Å²) in [4.78, 5) is 8.77. The van der Waals surface area contributed by atoms with Crippen molar-refractivity contribution in [2.24, 2.45) is 28.2 Å². The molecule has 1 aliphatic heterocycles. The van der Waals surface area contributed by atoms with Crippen LogP contribution in [0.4, 0.5) is 0 Å². The Morgan fingerprint density at radius 3 is 2.44 bits per heavy atom. The standard InChI is InChI=1S/C50H46N2/c1-33(38-20-24-50(5)48(31-38)46-18-9-8-17-45(46)47-19-11-14-35(3)49(47)50)12-10-13-34(2)43-15-6-7-16-44(43)41-29-39(37-21-25-51-26-22-37)28-40(30-41)42-23-27-52-32-36(42)4/h6-13,15-31,35-36,49H,2,14,32H2,1,3-5H3/b13-10-,33-12+. The molecule has 4 unspecified atom stereocenters. The van der Waals surface area contributed by atoms with Gasteiger partial charge in [0, 0.05) is 42.4 Å². The summed E-state index contributed by atoms with van der Waals surface area (Å²) in [5.41, 5.74) is 14.7. The van der Waals surface area contributed by atoms with Crippen LogP contribution in [0.5, 0.6) is 0 Å². The number of hydrogen-bond donors (Lipinski definition) is 0. The minimum Gasteiger partial charge on any atom is -0.293 e. The van der Waals surface area contributed by atoms with E-state index in [2.05, 4.69) is 178 Å². The molecule has 3 aromatic carbocycles. The highest BCUT2D eigenvalue weighted by Crippen LogP contribution is 2.52. The van der Waals surface area contributed by atoms with Crippen molar-refractivity contribution in [2.45, 2.75) is 34.1 Å². The molecule has 3 aliphatic carbocycles. The topological polar surface area (TPSA) is 25.2 Å². The van der Waals surface area contributed by atoms with Crippen molar-refractivity contribution in [1.82, 2.24) is 4.98 Å². The Morgan fingerprint density at radius 1 is 0.865 bits per heavy atom. The van der Waals surface area contributed by atoms with Crippen molar-refractivity contribution in [2.75, 3.05) is 6.54 Å². The summed E-state index contributed by atoms with van der Waals surface area (Å²) in [5, 5.41) is 2.76. The van der Waals surface area contributed by atoms with Gasteiger partial charge in [0.1, 0.15) is 0 Å². The third kappa shape index (κ3) is 6.07. The van der Waals surface area contributed by atoms with E-state index < -0.39 is 0 Å². The fourth-order valence-corrected chi connectivity index (χ4v) is 8.86. The average Bonchev–Trinajstić information content (AvgIpc) is 3.18. The fourth-order valence-electron chi connectivity index (χ4n) is 8.86. The minimum absolute atomic E-state index is 0.0286. The van der Waals surface area contributed by atoms with Gasteiger partial charge >= 0.3 is 0 Å². The van der Waals surface area contributed by atoms with E-state index in [1.54, 1.807) is 0 Å². The van der Waals surface area contributed by atoms with Crippen molar-refractivity contribution in [3.8, 4) is 22.3 Å². The van der Waals surface area contributed by atoms with Crippen LogP contribution >= 0.6 is 0 Å². The Morgan fingerprint density at radius 2 is 1.62 bits per heavy atom. The highest BCUT2D eigenvalue weighted by molar-refractivity contribution is 5.92. The van der Waals surface area contributed by atoms with E-state index in [4.69, 9.17) is 0 Å². The van der Waals surface area contributed by atoms with Crippen LogP contribution in [0, 0.1) is 23.2 Å². The maximum absolute atomic E-state index is 4.57. The molecule has 8 rings (SSSR count). The van der Waals surface area contributed by atoms with Crippen LogP contribution in [-0.4, -0.2) is 17.7 Å². The lowest BCUT2D eigenvalue weighted by atomic mass is 9.57. The van der Waals surface area contributed by atoms with Gasteiger partial charge in [0.25, 0.3) is 0 Å². The maximum atomic E-state index is 4.57. The van der Waals surface area contributed by atoms with Gasteiger partial charge in [-0.15, -0.1) is 0 Å². The van der Waals surface area contributed by atoms with E-state index in [-0.39, 0.29) is 5.41 Å². The molecule has 0 bridgehead atoms. The molecule has 0 amide bonds. The molecule has 256 valence electrons. The SMILES string of the molecule is C=C(/C=C\C=C(/C)C1=CC2=c3ccccc3=C3C=CCC(C)C3C2(C)C=C1)c1ccccc1-c1cc(C2=CC=NCC2C)cc(-c2ccncc2)c1. The van der Waals surface area contributed by atoms with E-state index in [9.17, 15) is 0 Å². The van der Waals surface area contributed by atoms with Crippen LogP contribution in [-0.2, 0) is 0 Å². The van der Waals surface area contributed by atoms with Crippen LogP contribution in [0.1, 0.15) is 45.2 Å². The molecule has 4 atom stereocenters.